The van der Waals surface area contributed by atoms with E-state index < -0.39 is 0 Å². The van der Waals surface area contributed by atoms with Gasteiger partial charge in [0.05, 0.1) is 5.56 Å². The van der Waals surface area contributed by atoms with Crippen LogP contribution in [0.25, 0.3) is 0 Å². The van der Waals surface area contributed by atoms with Crippen LogP contribution in [0.2, 0.25) is 0 Å². The molecule has 1 radical (unpaired) electrons. The molecule has 0 unspecified atom stereocenters. The maximum Gasteiger partial charge on any atom is 0.197 e. The Hall–Kier alpha value is -2.87. The molecular weight excluding hydrogens is 260 g/mol. The minimum Gasteiger partial charge on any atom is -0.457 e. The second-order valence-corrected chi connectivity index (χ2v) is 4.52. The number of ketones is 1. The highest BCUT2D eigenvalue weighted by Gasteiger charge is 2.14. The first kappa shape index (κ1) is 13.1. The highest BCUT2D eigenvalue weighted by molar-refractivity contribution is 6.10. The largest absolute Gasteiger partial charge is 0.457 e. The zero-order valence-corrected chi connectivity index (χ0v) is 11.3. The van der Waals surface area contributed by atoms with Crippen molar-refractivity contribution in [2.24, 2.45) is 0 Å². The molecule has 0 N–H and O–H groups in total. The predicted molar refractivity (Wildman–Crippen MR) is 81.7 cm³/mol. The molecule has 21 heavy (non-hydrogen) atoms. The minimum absolute atomic E-state index is 0.0952. The van der Waals surface area contributed by atoms with E-state index in [1.165, 1.54) is 0 Å². The number of benzene rings is 3. The molecule has 2 nitrogen and oxygen atoms in total. The van der Waals surface area contributed by atoms with E-state index >= 15 is 0 Å². The Morgan fingerprint density at radius 3 is 2.19 bits per heavy atom. The Labute approximate surface area is 123 Å². The van der Waals surface area contributed by atoms with Crippen molar-refractivity contribution in [2.75, 3.05) is 0 Å². The Balaban J connectivity index is 1.95. The lowest BCUT2D eigenvalue weighted by Gasteiger charge is -2.10. The van der Waals surface area contributed by atoms with Crippen LogP contribution >= 0.6 is 0 Å². The molecular formula is C19H13O2. The summed E-state index contributed by atoms with van der Waals surface area (Å²) in [6.45, 7) is 0. The van der Waals surface area contributed by atoms with Crippen LogP contribution in [0.4, 0.5) is 0 Å². The minimum atomic E-state index is -0.0952. The standard InChI is InChI=1S/C19H13O2/c20-19(15-9-3-1-4-10-15)17-13-7-8-14-18(17)21-16-11-5-2-6-12-16/h1-12,14H. The average molecular weight is 273 g/mol. The van der Waals surface area contributed by atoms with Crippen LogP contribution in [-0.4, -0.2) is 5.78 Å². The molecule has 0 saturated carbocycles. The van der Waals surface area contributed by atoms with Gasteiger partial charge >= 0.3 is 0 Å². The Morgan fingerprint density at radius 2 is 1.48 bits per heavy atom. The lowest BCUT2D eigenvalue weighted by atomic mass is 10.0. The number of carbonyl (C=O) groups is 1. The van der Waals surface area contributed by atoms with E-state index in [2.05, 4.69) is 6.07 Å². The number of carbonyl (C=O) groups excluding carboxylic acids is 1. The first-order valence-electron chi connectivity index (χ1n) is 6.68. The summed E-state index contributed by atoms with van der Waals surface area (Å²) in [6.07, 6.45) is 0. The lowest BCUT2D eigenvalue weighted by molar-refractivity contribution is 0.103. The zero-order chi connectivity index (χ0) is 14.5. The van der Waals surface area contributed by atoms with Crippen molar-refractivity contribution in [3.63, 3.8) is 0 Å². The summed E-state index contributed by atoms with van der Waals surface area (Å²) in [5.74, 6) is 1.11. The fourth-order valence-electron chi connectivity index (χ4n) is 2.03. The van der Waals surface area contributed by atoms with Gasteiger partial charge in [0.25, 0.3) is 0 Å². The van der Waals surface area contributed by atoms with Crippen molar-refractivity contribution in [2.45, 2.75) is 0 Å². The fourth-order valence-corrected chi connectivity index (χ4v) is 2.03. The summed E-state index contributed by atoms with van der Waals surface area (Å²) >= 11 is 0. The summed E-state index contributed by atoms with van der Waals surface area (Å²) in [7, 11) is 0. The second-order valence-electron chi connectivity index (χ2n) is 4.52. The van der Waals surface area contributed by atoms with Crippen molar-refractivity contribution in [3.05, 3.63) is 96.1 Å². The number of ether oxygens (including phenoxy) is 1. The van der Waals surface area contributed by atoms with Gasteiger partial charge in [-0.1, -0.05) is 60.7 Å². The monoisotopic (exact) mass is 273 g/mol. The Bertz CT molecular complexity index is 734. The molecule has 0 aliphatic rings. The van der Waals surface area contributed by atoms with Gasteiger partial charge in [-0.05, 0) is 24.3 Å². The van der Waals surface area contributed by atoms with E-state index in [1.807, 2.05) is 48.5 Å². The predicted octanol–water partition coefficient (Wildman–Crippen LogP) is 4.51. The van der Waals surface area contributed by atoms with Crippen molar-refractivity contribution in [3.8, 4) is 11.5 Å². The van der Waals surface area contributed by atoms with Gasteiger partial charge in [-0.15, -0.1) is 0 Å². The van der Waals surface area contributed by atoms with Crippen LogP contribution < -0.4 is 4.74 Å². The quantitative estimate of drug-likeness (QED) is 0.654. The molecule has 3 aromatic rings. The van der Waals surface area contributed by atoms with E-state index in [9.17, 15) is 4.79 Å². The molecule has 0 aromatic heterocycles. The number of rotatable bonds is 4. The molecule has 0 bridgehead atoms. The van der Waals surface area contributed by atoms with Crippen LogP contribution in [0.3, 0.4) is 0 Å². The summed E-state index contributed by atoms with van der Waals surface area (Å²) in [5, 5.41) is 0. The number of hydrogen-bond acceptors (Lipinski definition) is 2. The third-order valence-electron chi connectivity index (χ3n) is 3.05. The molecule has 0 fully saturated rings. The molecule has 0 atom stereocenters. The van der Waals surface area contributed by atoms with Gasteiger partial charge in [-0.25, -0.2) is 0 Å². The van der Waals surface area contributed by atoms with Gasteiger partial charge in [-0.2, -0.15) is 0 Å². The molecule has 0 aliphatic carbocycles. The van der Waals surface area contributed by atoms with E-state index in [1.54, 1.807) is 30.3 Å². The average Bonchev–Trinajstić information content (AvgIpc) is 2.56. The maximum atomic E-state index is 12.5. The van der Waals surface area contributed by atoms with Crippen molar-refractivity contribution < 1.29 is 9.53 Å². The maximum absolute atomic E-state index is 12.5. The number of para-hydroxylation sites is 1. The van der Waals surface area contributed by atoms with Crippen molar-refractivity contribution >= 4 is 5.78 Å². The molecule has 3 rings (SSSR count). The number of hydrogen-bond donors (Lipinski definition) is 0. The molecule has 0 spiro atoms. The fraction of sp³-hybridized carbons (Fsp3) is 0. The third-order valence-corrected chi connectivity index (χ3v) is 3.05. The zero-order valence-electron chi connectivity index (χ0n) is 11.3. The smallest absolute Gasteiger partial charge is 0.197 e. The Kier molecular flexibility index (Phi) is 3.79. The van der Waals surface area contributed by atoms with Gasteiger partial charge < -0.3 is 4.74 Å². The molecule has 0 saturated heterocycles. The second kappa shape index (κ2) is 6.06. The van der Waals surface area contributed by atoms with Crippen molar-refractivity contribution in [1.29, 1.82) is 0 Å². The van der Waals surface area contributed by atoms with E-state index in [4.69, 9.17) is 4.74 Å². The van der Waals surface area contributed by atoms with Gasteiger partial charge in [0.2, 0.25) is 0 Å². The van der Waals surface area contributed by atoms with Gasteiger partial charge in [0.1, 0.15) is 11.5 Å². The first-order valence-corrected chi connectivity index (χ1v) is 6.68. The molecule has 0 heterocycles. The Morgan fingerprint density at radius 1 is 0.810 bits per heavy atom. The van der Waals surface area contributed by atoms with Crippen LogP contribution in [0, 0.1) is 6.07 Å². The van der Waals surface area contributed by atoms with Crippen LogP contribution in [-0.2, 0) is 0 Å². The van der Waals surface area contributed by atoms with Gasteiger partial charge in [0.15, 0.2) is 5.78 Å². The van der Waals surface area contributed by atoms with Gasteiger partial charge in [-0.3, -0.25) is 4.79 Å². The summed E-state index contributed by atoms with van der Waals surface area (Å²) in [4.78, 5) is 12.5. The van der Waals surface area contributed by atoms with Gasteiger partial charge in [0, 0.05) is 5.56 Å². The van der Waals surface area contributed by atoms with Crippen molar-refractivity contribution in [1.82, 2.24) is 0 Å². The molecule has 0 amide bonds. The van der Waals surface area contributed by atoms with Crippen LogP contribution in [0.15, 0.2) is 78.9 Å². The first-order chi connectivity index (χ1) is 10.3. The molecule has 2 heteroatoms. The highest BCUT2D eigenvalue weighted by atomic mass is 16.5. The third kappa shape index (κ3) is 3.00. The van der Waals surface area contributed by atoms with E-state index in [0.717, 1.165) is 0 Å². The highest BCUT2D eigenvalue weighted by Crippen LogP contribution is 2.26. The van der Waals surface area contributed by atoms with Crippen LogP contribution in [0.1, 0.15) is 15.9 Å². The SMILES string of the molecule is O=C(c1ccccc1)c1[c]cccc1Oc1ccccc1. The van der Waals surface area contributed by atoms with Crippen LogP contribution in [0.5, 0.6) is 11.5 Å². The topological polar surface area (TPSA) is 26.3 Å². The summed E-state index contributed by atoms with van der Waals surface area (Å²) in [6, 6.07) is 26.8. The molecule has 0 aliphatic heterocycles. The summed E-state index contributed by atoms with van der Waals surface area (Å²) < 4.78 is 5.80. The lowest BCUT2D eigenvalue weighted by Crippen LogP contribution is -2.03. The van der Waals surface area contributed by atoms with E-state index in [0.29, 0.717) is 22.6 Å². The van der Waals surface area contributed by atoms with E-state index in [-0.39, 0.29) is 5.78 Å². The molecule has 3 aromatic carbocycles. The summed E-state index contributed by atoms with van der Waals surface area (Å²) in [5.41, 5.74) is 1.06. The molecule has 101 valence electrons. The normalized spacial score (nSPS) is 10.1.